The van der Waals surface area contributed by atoms with Gasteiger partial charge < -0.3 is 10.6 Å². The zero-order chi connectivity index (χ0) is 19.2. The van der Waals surface area contributed by atoms with E-state index in [9.17, 15) is 9.59 Å². The zero-order valence-electron chi connectivity index (χ0n) is 14.9. The van der Waals surface area contributed by atoms with Gasteiger partial charge in [0.15, 0.2) is 5.78 Å². The number of pyridine rings is 1. The van der Waals surface area contributed by atoms with Crippen molar-refractivity contribution in [1.29, 1.82) is 0 Å². The van der Waals surface area contributed by atoms with Crippen LogP contribution in [0.25, 0.3) is 0 Å². The number of nitrogens with zero attached hydrogens (tertiary/aromatic N) is 1. The first-order valence-corrected chi connectivity index (χ1v) is 9.11. The Bertz CT molecular complexity index is 904. The number of allylic oxidation sites excluding steroid dienone is 2. The van der Waals surface area contributed by atoms with Crippen LogP contribution in [-0.4, -0.2) is 16.7 Å². The van der Waals surface area contributed by atoms with Gasteiger partial charge in [-0.25, -0.2) is 0 Å². The SMILES string of the molecule is CC1CCC=C(C(=O)Nc2ccncc2Nc2ccc(Cl)cc2)C=CC1=O. The minimum Gasteiger partial charge on any atom is -0.353 e. The second-order valence-corrected chi connectivity index (χ2v) is 6.82. The minimum atomic E-state index is -0.265. The van der Waals surface area contributed by atoms with Gasteiger partial charge in [-0.3, -0.25) is 14.6 Å². The number of hydrogen-bond acceptors (Lipinski definition) is 4. The average Bonchev–Trinajstić information content (AvgIpc) is 2.66. The largest absolute Gasteiger partial charge is 0.353 e. The number of nitrogens with one attached hydrogen (secondary N) is 2. The van der Waals surface area contributed by atoms with Crippen LogP contribution in [0.5, 0.6) is 0 Å². The van der Waals surface area contributed by atoms with Crippen molar-refractivity contribution in [3.63, 3.8) is 0 Å². The van der Waals surface area contributed by atoms with Gasteiger partial charge in [-0.05, 0) is 55.3 Å². The molecule has 0 aliphatic heterocycles. The summed E-state index contributed by atoms with van der Waals surface area (Å²) in [4.78, 5) is 28.7. The predicted molar refractivity (Wildman–Crippen MR) is 108 cm³/mol. The van der Waals surface area contributed by atoms with Crippen LogP contribution in [0.15, 0.2) is 66.5 Å². The van der Waals surface area contributed by atoms with Gasteiger partial charge in [0.05, 0.1) is 17.6 Å². The Hall–Kier alpha value is -2.92. The maximum atomic E-state index is 12.7. The molecule has 27 heavy (non-hydrogen) atoms. The van der Waals surface area contributed by atoms with E-state index in [2.05, 4.69) is 15.6 Å². The smallest absolute Gasteiger partial charge is 0.255 e. The molecule has 0 spiro atoms. The topological polar surface area (TPSA) is 71.1 Å². The number of benzene rings is 1. The van der Waals surface area contributed by atoms with Crippen molar-refractivity contribution < 1.29 is 9.59 Å². The molecule has 0 saturated heterocycles. The van der Waals surface area contributed by atoms with Crippen LogP contribution in [0, 0.1) is 5.92 Å². The lowest BCUT2D eigenvalue weighted by atomic mass is 9.96. The monoisotopic (exact) mass is 381 g/mol. The number of hydrogen-bond donors (Lipinski definition) is 2. The molecule has 1 atom stereocenters. The van der Waals surface area contributed by atoms with Gasteiger partial charge in [0.2, 0.25) is 0 Å². The van der Waals surface area contributed by atoms with E-state index in [1.165, 1.54) is 6.08 Å². The first kappa shape index (κ1) is 18.9. The molecule has 0 fully saturated rings. The number of carbonyl (C=O) groups is 2. The molecule has 1 amide bonds. The Kier molecular flexibility index (Phi) is 6.04. The first-order chi connectivity index (χ1) is 13.0. The van der Waals surface area contributed by atoms with Crippen molar-refractivity contribution in [1.82, 2.24) is 4.98 Å². The summed E-state index contributed by atoms with van der Waals surface area (Å²) < 4.78 is 0. The summed E-state index contributed by atoms with van der Waals surface area (Å²) in [7, 11) is 0. The van der Waals surface area contributed by atoms with Gasteiger partial charge in [-0.15, -0.1) is 0 Å². The molecule has 1 aromatic carbocycles. The molecule has 1 aliphatic rings. The van der Waals surface area contributed by atoms with Crippen molar-refractivity contribution in [3.8, 4) is 0 Å². The Balaban J connectivity index is 1.76. The van der Waals surface area contributed by atoms with Gasteiger partial charge in [-0.1, -0.05) is 24.6 Å². The summed E-state index contributed by atoms with van der Waals surface area (Å²) in [6.07, 6.45) is 9.59. The predicted octanol–water partition coefficient (Wildman–Crippen LogP) is 4.90. The molecule has 1 unspecified atom stereocenters. The summed E-state index contributed by atoms with van der Waals surface area (Å²) >= 11 is 5.91. The summed E-state index contributed by atoms with van der Waals surface area (Å²) in [5.74, 6) is -0.237. The minimum absolute atomic E-state index is 0.0162. The molecule has 2 aromatic rings. The molecule has 138 valence electrons. The molecule has 1 aliphatic carbocycles. The zero-order valence-corrected chi connectivity index (χ0v) is 15.7. The molecule has 1 heterocycles. The normalized spacial score (nSPS) is 16.9. The number of anilines is 3. The fourth-order valence-corrected chi connectivity index (χ4v) is 2.82. The van der Waals surface area contributed by atoms with E-state index >= 15 is 0 Å². The summed E-state index contributed by atoms with van der Waals surface area (Å²) in [6, 6.07) is 8.96. The average molecular weight is 382 g/mol. The molecule has 0 bridgehead atoms. The Morgan fingerprint density at radius 1 is 1.15 bits per heavy atom. The van der Waals surface area contributed by atoms with Crippen molar-refractivity contribution >= 4 is 40.4 Å². The molecule has 3 rings (SSSR count). The van der Waals surface area contributed by atoms with Crippen LogP contribution in [0.1, 0.15) is 19.8 Å². The second-order valence-electron chi connectivity index (χ2n) is 6.38. The van der Waals surface area contributed by atoms with E-state index in [1.807, 2.05) is 25.1 Å². The number of carbonyl (C=O) groups excluding carboxylic acids is 2. The molecular formula is C21H20ClN3O2. The first-order valence-electron chi connectivity index (χ1n) is 8.73. The van der Waals surface area contributed by atoms with Gasteiger partial charge in [0.25, 0.3) is 5.91 Å². The number of rotatable bonds is 4. The molecule has 1 aromatic heterocycles. The van der Waals surface area contributed by atoms with E-state index in [4.69, 9.17) is 11.6 Å². The maximum Gasteiger partial charge on any atom is 0.255 e. The third kappa shape index (κ3) is 5.05. The molecule has 5 nitrogen and oxygen atoms in total. The van der Waals surface area contributed by atoms with Crippen LogP contribution >= 0.6 is 11.6 Å². The molecule has 0 saturated carbocycles. The third-order valence-corrected chi connectivity index (χ3v) is 4.58. The second kappa shape index (κ2) is 8.64. The van der Waals surface area contributed by atoms with Crippen molar-refractivity contribution in [2.24, 2.45) is 5.92 Å². The lowest BCUT2D eigenvalue weighted by molar-refractivity contribution is -0.117. The standard InChI is InChI=1S/C21H20ClN3O2/c1-14-3-2-4-15(5-10-20(14)26)21(27)25-18-11-12-23-13-19(18)24-17-8-6-16(22)7-9-17/h4-14,24H,2-3H2,1H3,(H,23,25,27). The van der Waals surface area contributed by atoms with Gasteiger partial charge in [0.1, 0.15) is 0 Å². The maximum absolute atomic E-state index is 12.7. The lowest BCUT2D eigenvalue weighted by Crippen LogP contribution is -2.16. The van der Waals surface area contributed by atoms with Gasteiger partial charge >= 0.3 is 0 Å². The van der Waals surface area contributed by atoms with E-state index in [-0.39, 0.29) is 17.6 Å². The number of aromatic nitrogens is 1. The summed E-state index contributed by atoms with van der Waals surface area (Å²) in [5.41, 5.74) is 2.56. The highest BCUT2D eigenvalue weighted by Crippen LogP contribution is 2.26. The highest BCUT2D eigenvalue weighted by atomic mass is 35.5. The molecule has 2 N–H and O–H groups in total. The quantitative estimate of drug-likeness (QED) is 0.790. The van der Waals surface area contributed by atoms with Gasteiger partial charge in [0, 0.05) is 28.4 Å². The van der Waals surface area contributed by atoms with E-state index in [0.717, 1.165) is 12.1 Å². The van der Waals surface area contributed by atoms with E-state index in [1.54, 1.807) is 36.7 Å². The summed E-state index contributed by atoms with van der Waals surface area (Å²) in [5, 5.41) is 6.75. The van der Waals surface area contributed by atoms with Crippen molar-refractivity contribution in [3.05, 3.63) is 71.5 Å². The van der Waals surface area contributed by atoms with Crippen LogP contribution in [-0.2, 0) is 9.59 Å². The third-order valence-electron chi connectivity index (χ3n) is 4.33. The highest BCUT2D eigenvalue weighted by molar-refractivity contribution is 6.30. The number of halogens is 1. The van der Waals surface area contributed by atoms with Crippen LogP contribution < -0.4 is 10.6 Å². The molecular weight excluding hydrogens is 362 g/mol. The van der Waals surface area contributed by atoms with E-state index in [0.29, 0.717) is 28.4 Å². The van der Waals surface area contributed by atoms with Crippen LogP contribution in [0.4, 0.5) is 17.1 Å². The Morgan fingerprint density at radius 3 is 2.70 bits per heavy atom. The fraction of sp³-hybridized carbons (Fsp3) is 0.190. The highest BCUT2D eigenvalue weighted by Gasteiger charge is 2.15. The van der Waals surface area contributed by atoms with Crippen molar-refractivity contribution in [2.45, 2.75) is 19.8 Å². The summed E-state index contributed by atoms with van der Waals surface area (Å²) in [6.45, 7) is 1.90. The lowest BCUT2D eigenvalue weighted by Gasteiger charge is -2.14. The van der Waals surface area contributed by atoms with Crippen molar-refractivity contribution in [2.75, 3.05) is 10.6 Å². The number of amides is 1. The van der Waals surface area contributed by atoms with Gasteiger partial charge in [-0.2, -0.15) is 0 Å². The number of ketones is 1. The molecule has 6 heteroatoms. The van der Waals surface area contributed by atoms with Crippen LogP contribution in [0.3, 0.4) is 0 Å². The fourth-order valence-electron chi connectivity index (χ4n) is 2.69. The Labute approximate surface area is 163 Å². The molecule has 0 radical (unpaired) electrons. The Morgan fingerprint density at radius 2 is 1.93 bits per heavy atom. The van der Waals surface area contributed by atoms with E-state index < -0.39 is 0 Å². The van der Waals surface area contributed by atoms with Crippen LogP contribution in [0.2, 0.25) is 5.02 Å².